The van der Waals surface area contributed by atoms with Crippen LogP contribution < -0.4 is 9.47 Å². The minimum atomic E-state index is -0.0721. The van der Waals surface area contributed by atoms with E-state index in [-0.39, 0.29) is 5.91 Å². The molecule has 0 saturated carbocycles. The molecule has 1 aliphatic heterocycles. The Morgan fingerprint density at radius 1 is 1.21 bits per heavy atom. The molecular weight excluding hydrogens is 408 g/mol. The Bertz CT molecular complexity index is 1080. The van der Waals surface area contributed by atoms with E-state index >= 15 is 0 Å². The lowest BCUT2D eigenvalue weighted by Gasteiger charge is -2.18. The fraction of sp³-hybridized carbons (Fsp3) is 0.300. The van der Waals surface area contributed by atoms with Crippen LogP contribution in [-0.2, 0) is 13.1 Å². The largest absolute Gasteiger partial charge is 0.497 e. The highest BCUT2D eigenvalue weighted by molar-refractivity contribution is 7.98. The molecule has 0 bridgehead atoms. The van der Waals surface area contributed by atoms with Gasteiger partial charge in [0.05, 0.1) is 32.2 Å². The van der Waals surface area contributed by atoms with Crippen molar-refractivity contribution < 1.29 is 14.3 Å². The molecule has 4 rings (SSSR count). The average molecular weight is 429 g/mol. The van der Waals surface area contributed by atoms with Crippen molar-refractivity contribution in [1.82, 2.24) is 19.9 Å². The summed E-state index contributed by atoms with van der Waals surface area (Å²) < 4.78 is 10.7. The normalized spacial score (nSPS) is 13.0. The number of methoxy groups -OCH3 is 2. The van der Waals surface area contributed by atoms with Crippen LogP contribution in [0, 0.1) is 6.92 Å². The number of benzene rings is 1. The minimum Gasteiger partial charge on any atom is -0.497 e. The number of nitrogens with zero attached hydrogens (tertiary/aromatic N) is 4. The summed E-state index contributed by atoms with van der Waals surface area (Å²) in [6.45, 7) is 2.93. The summed E-state index contributed by atoms with van der Waals surface area (Å²) in [5.74, 6) is 1.34. The van der Waals surface area contributed by atoms with Gasteiger partial charge in [0.15, 0.2) is 5.16 Å². The number of amides is 1. The van der Waals surface area contributed by atoms with Crippen molar-refractivity contribution in [3.63, 3.8) is 0 Å². The van der Waals surface area contributed by atoms with Crippen molar-refractivity contribution in [3.05, 3.63) is 46.1 Å². The number of hydrogen-bond acceptors (Lipinski definition) is 8. The Hall–Kier alpha value is -2.65. The van der Waals surface area contributed by atoms with E-state index in [0.29, 0.717) is 35.4 Å². The number of thiazole rings is 1. The SMILES string of the molecule is COc1ccc(CN2Cc3sc(-c4nc(SC)ncc4C)nc3C2=O)c(OC)c1. The molecule has 0 saturated heterocycles. The van der Waals surface area contributed by atoms with Crippen molar-refractivity contribution in [2.45, 2.75) is 25.2 Å². The van der Waals surface area contributed by atoms with Crippen LogP contribution in [0.15, 0.2) is 29.6 Å². The Morgan fingerprint density at radius 3 is 2.72 bits per heavy atom. The first-order valence-corrected chi connectivity index (χ1v) is 11.0. The van der Waals surface area contributed by atoms with Gasteiger partial charge < -0.3 is 14.4 Å². The van der Waals surface area contributed by atoms with Crippen molar-refractivity contribution in [2.24, 2.45) is 0 Å². The quantitative estimate of drug-likeness (QED) is 0.436. The highest BCUT2D eigenvalue weighted by Gasteiger charge is 2.33. The highest BCUT2D eigenvalue weighted by Crippen LogP contribution is 2.36. The molecule has 2 aromatic heterocycles. The van der Waals surface area contributed by atoms with Crippen LogP contribution in [0.2, 0.25) is 0 Å². The second-order valence-electron chi connectivity index (χ2n) is 6.52. The lowest BCUT2D eigenvalue weighted by atomic mass is 10.2. The van der Waals surface area contributed by atoms with Gasteiger partial charge in [-0.3, -0.25) is 4.79 Å². The molecule has 1 aromatic carbocycles. The molecule has 7 nitrogen and oxygen atoms in total. The Kier molecular flexibility index (Phi) is 5.42. The third kappa shape index (κ3) is 3.67. The maximum Gasteiger partial charge on any atom is 0.274 e. The van der Waals surface area contributed by atoms with Crippen LogP contribution in [0.5, 0.6) is 11.5 Å². The molecule has 9 heteroatoms. The van der Waals surface area contributed by atoms with Gasteiger partial charge in [0.1, 0.15) is 27.9 Å². The molecule has 3 aromatic rings. The summed E-state index contributed by atoms with van der Waals surface area (Å²) in [5.41, 5.74) is 3.18. The van der Waals surface area contributed by atoms with E-state index in [1.54, 1.807) is 25.3 Å². The van der Waals surface area contributed by atoms with Gasteiger partial charge >= 0.3 is 0 Å². The zero-order valence-electron chi connectivity index (χ0n) is 16.6. The summed E-state index contributed by atoms with van der Waals surface area (Å²) in [6.07, 6.45) is 3.73. The number of hydrogen-bond donors (Lipinski definition) is 0. The molecule has 3 heterocycles. The van der Waals surface area contributed by atoms with E-state index in [0.717, 1.165) is 26.7 Å². The molecule has 150 valence electrons. The molecule has 0 atom stereocenters. The lowest BCUT2D eigenvalue weighted by molar-refractivity contribution is 0.0761. The Labute approximate surface area is 177 Å². The molecule has 29 heavy (non-hydrogen) atoms. The first-order chi connectivity index (χ1) is 14.0. The van der Waals surface area contributed by atoms with Gasteiger partial charge in [-0.15, -0.1) is 11.3 Å². The van der Waals surface area contributed by atoms with Crippen LogP contribution in [0.25, 0.3) is 10.7 Å². The van der Waals surface area contributed by atoms with Gasteiger partial charge in [0.25, 0.3) is 5.91 Å². The van der Waals surface area contributed by atoms with Gasteiger partial charge in [0, 0.05) is 17.8 Å². The maximum absolute atomic E-state index is 12.9. The number of carbonyl (C=O) groups is 1. The van der Waals surface area contributed by atoms with Crippen LogP contribution in [0.1, 0.15) is 26.5 Å². The van der Waals surface area contributed by atoms with Crippen LogP contribution in [0.3, 0.4) is 0 Å². The standard InChI is InChI=1S/C20H20N4O3S2/c1-11-8-21-20(28-4)23-16(11)18-22-17-15(29-18)10-24(19(17)25)9-12-5-6-13(26-2)7-14(12)27-3/h5-8H,9-10H2,1-4H3. The van der Waals surface area contributed by atoms with E-state index in [9.17, 15) is 4.79 Å². The first kappa shape index (κ1) is 19.7. The van der Waals surface area contributed by atoms with Gasteiger partial charge in [-0.2, -0.15) is 0 Å². The topological polar surface area (TPSA) is 77.4 Å². The first-order valence-electron chi connectivity index (χ1n) is 8.92. The molecule has 0 N–H and O–H groups in total. The van der Waals surface area contributed by atoms with Gasteiger partial charge in [-0.05, 0) is 30.9 Å². The summed E-state index contributed by atoms with van der Waals surface area (Å²) >= 11 is 3.00. The third-order valence-electron chi connectivity index (χ3n) is 4.71. The molecule has 0 fully saturated rings. The van der Waals surface area contributed by atoms with E-state index < -0.39 is 0 Å². The third-order valence-corrected chi connectivity index (χ3v) is 6.32. The van der Waals surface area contributed by atoms with Crippen molar-refractivity contribution in [3.8, 4) is 22.2 Å². The van der Waals surface area contributed by atoms with Crippen LogP contribution in [-0.4, -0.2) is 46.2 Å². The second kappa shape index (κ2) is 8.00. The smallest absolute Gasteiger partial charge is 0.274 e. The number of aromatic nitrogens is 3. The second-order valence-corrected chi connectivity index (χ2v) is 8.38. The molecule has 0 radical (unpaired) electrons. The van der Waals surface area contributed by atoms with E-state index in [1.165, 1.54) is 23.1 Å². The number of thioether (sulfide) groups is 1. The molecule has 0 aliphatic carbocycles. The van der Waals surface area contributed by atoms with Crippen molar-refractivity contribution in [2.75, 3.05) is 20.5 Å². The number of fused-ring (bicyclic) bond motifs is 1. The predicted octanol–water partition coefficient (Wildman–Crippen LogP) is 3.80. The zero-order valence-corrected chi connectivity index (χ0v) is 18.2. The van der Waals surface area contributed by atoms with Gasteiger partial charge in [-0.1, -0.05) is 11.8 Å². The fourth-order valence-electron chi connectivity index (χ4n) is 3.18. The predicted molar refractivity (Wildman–Crippen MR) is 113 cm³/mol. The summed E-state index contributed by atoms with van der Waals surface area (Å²) in [5, 5.41) is 1.46. The van der Waals surface area contributed by atoms with E-state index in [4.69, 9.17) is 9.47 Å². The summed E-state index contributed by atoms with van der Waals surface area (Å²) in [7, 11) is 3.23. The van der Waals surface area contributed by atoms with Crippen molar-refractivity contribution >= 4 is 29.0 Å². The zero-order chi connectivity index (χ0) is 20.5. The van der Waals surface area contributed by atoms with Gasteiger partial charge in [-0.25, -0.2) is 15.0 Å². The van der Waals surface area contributed by atoms with Crippen LogP contribution >= 0.6 is 23.1 Å². The number of ether oxygens (including phenoxy) is 2. The summed E-state index contributed by atoms with van der Waals surface area (Å²) in [4.78, 5) is 29.2. The highest BCUT2D eigenvalue weighted by atomic mass is 32.2. The molecule has 1 amide bonds. The minimum absolute atomic E-state index is 0.0721. The lowest BCUT2D eigenvalue weighted by Crippen LogP contribution is -2.24. The van der Waals surface area contributed by atoms with Crippen molar-refractivity contribution in [1.29, 1.82) is 0 Å². The number of carbonyl (C=O) groups excluding carboxylic acids is 1. The number of aryl methyl sites for hydroxylation is 1. The maximum atomic E-state index is 12.9. The van der Waals surface area contributed by atoms with Crippen LogP contribution in [0.4, 0.5) is 0 Å². The van der Waals surface area contributed by atoms with E-state index in [2.05, 4.69) is 15.0 Å². The Morgan fingerprint density at radius 2 is 2.03 bits per heavy atom. The molecule has 0 spiro atoms. The Balaban J connectivity index is 1.58. The molecule has 1 aliphatic rings. The average Bonchev–Trinajstić information content (AvgIpc) is 3.28. The van der Waals surface area contributed by atoms with Gasteiger partial charge in [0.2, 0.25) is 0 Å². The molecule has 0 unspecified atom stereocenters. The van der Waals surface area contributed by atoms with E-state index in [1.807, 2.05) is 31.4 Å². The number of rotatable bonds is 6. The molecular formula is C20H20N4O3S2. The fourth-order valence-corrected chi connectivity index (χ4v) is 4.64. The summed E-state index contributed by atoms with van der Waals surface area (Å²) in [6, 6.07) is 5.61. The monoisotopic (exact) mass is 428 g/mol.